The topological polar surface area (TPSA) is 38.4 Å². The van der Waals surface area contributed by atoms with Crippen molar-refractivity contribution >= 4 is 15.9 Å². The van der Waals surface area contributed by atoms with Gasteiger partial charge < -0.3 is 0 Å². The van der Waals surface area contributed by atoms with E-state index in [2.05, 4.69) is 4.52 Å². The molecule has 0 fully saturated rings. The van der Waals surface area contributed by atoms with Gasteiger partial charge in [-0.3, -0.25) is 10.0 Å². The second kappa shape index (κ2) is 2.81. The molecule has 0 saturated heterocycles. The summed E-state index contributed by atoms with van der Waals surface area (Å²) < 4.78 is 4.17. The Morgan fingerprint density at radius 1 is 1.57 bits per heavy atom. The Morgan fingerprint density at radius 2 is 2.00 bits per heavy atom. The predicted molar refractivity (Wildman–Crippen MR) is 39.6 cm³/mol. The summed E-state index contributed by atoms with van der Waals surface area (Å²) in [5.41, 5.74) is 5.60. The molecule has 0 aliphatic carbocycles. The molecule has 0 aromatic rings. The van der Waals surface area contributed by atoms with Crippen molar-refractivity contribution in [2.75, 3.05) is 20.0 Å². The predicted octanol–water partition coefficient (Wildman–Crippen LogP) is 1.54. The first-order valence-corrected chi connectivity index (χ1v) is 6.23. The van der Waals surface area contributed by atoms with Crippen LogP contribution in [-0.2, 0) is 0 Å². The van der Waals surface area contributed by atoms with Crippen LogP contribution in [0.25, 0.3) is 0 Å². The highest BCUT2D eigenvalue weighted by atomic mass is 31.2. The van der Waals surface area contributed by atoms with Gasteiger partial charge >= 0.3 is 0 Å². The van der Waals surface area contributed by atoms with Crippen LogP contribution in [0.4, 0.5) is 0 Å². The Kier molecular flexibility index (Phi) is 3.06. The molecule has 2 N–H and O–H groups in total. The third-order valence-electron chi connectivity index (χ3n) is 0.358. The lowest BCUT2D eigenvalue weighted by molar-refractivity contribution is 1.76. The van der Waals surface area contributed by atoms with Gasteiger partial charge in [-0.15, -0.1) is 0 Å². The summed E-state index contributed by atoms with van der Waals surface area (Å²) >= 11 is 0. The van der Waals surface area contributed by atoms with Crippen LogP contribution in [0.15, 0.2) is 4.52 Å². The molecule has 0 rings (SSSR count). The molecule has 1 unspecified atom stereocenters. The number of rotatable bonds is 1. The zero-order valence-electron chi connectivity index (χ0n) is 4.97. The second-order valence-electron chi connectivity index (χ2n) is 1.80. The average Bonchev–Trinajstić information content (AvgIpc) is 1.30. The van der Waals surface area contributed by atoms with Gasteiger partial charge in [-0.2, -0.15) is 0 Å². The van der Waals surface area contributed by atoms with E-state index in [-0.39, 0.29) is 0 Å². The van der Waals surface area contributed by atoms with E-state index in [1.54, 1.807) is 0 Å². The van der Waals surface area contributed by atoms with E-state index >= 15 is 0 Å². The number of nitrogens with two attached hydrogens (primary N) is 1. The van der Waals surface area contributed by atoms with Crippen molar-refractivity contribution in [3.8, 4) is 0 Å². The maximum Gasteiger partial charge on any atom is 0.0254 e. The maximum atomic E-state index is 5.60. The fraction of sp³-hybridized carbons (Fsp3) is 1.00. The summed E-state index contributed by atoms with van der Waals surface area (Å²) in [5, 5.41) is 0. The molecule has 0 aliphatic rings. The fourth-order valence-electron chi connectivity index (χ4n) is 0.258. The Bertz CT molecular complexity index is 84.8. The summed E-state index contributed by atoms with van der Waals surface area (Å²) in [6.07, 6.45) is 0. The van der Waals surface area contributed by atoms with E-state index < -0.39 is 7.21 Å². The van der Waals surface area contributed by atoms with Crippen LogP contribution < -0.4 is 5.50 Å². The minimum atomic E-state index is -1.28. The van der Waals surface area contributed by atoms with Gasteiger partial charge in [0.05, 0.1) is 0 Å². The third-order valence-corrected chi connectivity index (χ3v) is 3.22. The molecular formula is C3H12N2P2. The Labute approximate surface area is 46.8 Å². The quantitative estimate of drug-likeness (QED) is 0.548. The van der Waals surface area contributed by atoms with Crippen LogP contribution in [0.2, 0.25) is 0 Å². The highest BCUT2D eigenvalue weighted by Gasteiger charge is 1.89. The average molecular weight is 138 g/mol. The zero-order valence-corrected chi connectivity index (χ0v) is 6.87. The third kappa shape index (κ3) is 6.62. The molecule has 1 atom stereocenters. The van der Waals surface area contributed by atoms with E-state index in [4.69, 9.17) is 5.50 Å². The van der Waals surface area contributed by atoms with Crippen LogP contribution in [0.5, 0.6) is 0 Å². The molecule has 0 amide bonds. The van der Waals surface area contributed by atoms with E-state index in [0.717, 1.165) is 0 Å². The summed E-state index contributed by atoms with van der Waals surface area (Å²) in [4.78, 5) is 0. The van der Waals surface area contributed by atoms with Gasteiger partial charge in [0.25, 0.3) is 0 Å². The summed E-state index contributed by atoms with van der Waals surface area (Å²) in [5.74, 6) is 0. The SMILES string of the molecule is CPN=P(C)(C)N. The Balaban J connectivity index is 3.73. The Hall–Kier alpha value is 0.620. The molecule has 4 heteroatoms. The first-order chi connectivity index (χ1) is 3.06. The molecule has 0 spiro atoms. The van der Waals surface area contributed by atoms with E-state index in [1.807, 2.05) is 20.0 Å². The lowest BCUT2D eigenvalue weighted by Gasteiger charge is -2.02. The van der Waals surface area contributed by atoms with Gasteiger partial charge in [-0.1, -0.05) is 0 Å². The lowest BCUT2D eigenvalue weighted by atomic mass is 11.9. The number of hydrogen-bond acceptors (Lipinski definition) is 1. The van der Waals surface area contributed by atoms with Crippen molar-refractivity contribution in [1.82, 2.24) is 0 Å². The molecule has 7 heavy (non-hydrogen) atoms. The molecular weight excluding hydrogens is 126 g/mol. The van der Waals surface area contributed by atoms with Crippen molar-refractivity contribution in [3.05, 3.63) is 0 Å². The van der Waals surface area contributed by atoms with Gasteiger partial charge in [0.1, 0.15) is 0 Å². The summed E-state index contributed by atoms with van der Waals surface area (Å²) in [7, 11) is -0.620. The van der Waals surface area contributed by atoms with Crippen LogP contribution in [0.3, 0.4) is 0 Å². The van der Waals surface area contributed by atoms with Crippen molar-refractivity contribution < 1.29 is 0 Å². The zero-order chi connectivity index (χ0) is 5.91. The van der Waals surface area contributed by atoms with Gasteiger partial charge in [0, 0.05) is 7.21 Å². The standard InChI is InChI=1S/C3H12N2P2/c1-6-5-7(2,3)4/h6H,4H2,1-3H3. The largest absolute Gasteiger partial charge is 0.297 e. The highest BCUT2D eigenvalue weighted by Crippen LogP contribution is 2.35. The fourth-order valence-corrected chi connectivity index (χ4v) is 2.32. The molecule has 44 valence electrons. The summed E-state index contributed by atoms with van der Waals surface area (Å²) in [6.45, 7) is 6.04. The first kappa shape index (κ1) is 7.62. The van der Waals surface area contributed by atoms with E-state index in [9.17, 15) is 0 Å². The van der Waals surface area contributed by atoms with Gasteiger partial charge in [0.2, 0.25) is 0 Å². The normalized spacial score (nSPS) is 13.1. The molecule has 0 aliphatic heterocycles. The van der Waals surface area contributed by atoms with Crippen molar-refractivity contribution in [2.24, 2.45) is 10.0 Å². The van der Waals surface area contributed by atoms with Crippen LogP contribution >= 0.6 is 15.9 Å². The second-order valence-corrected chi connectivity index (χ2v) is 6.01. The van der Waals surface area contributed by atoms with Crippen LogP contribution in [-0.4, -0.2) is 20.0 Å². The maximum absolute atomic E-state index is 5.60. The smallest absolute Gasteiger partial charge is 0.0254 e. The first-order valence-electron chi connectivity index (χ1n) is 2.08. The van der Waals surface area contributed by atoms with Crippen molar-refractivity contribution in [2.45, 2.75) is 0 Å². The molecule has 0 bridgehead atoms. The van der Waals surface area contributed by atoms with Gasteiger partial charge in [0.15, 0.2) is 0 Å². The number of nitrogens with zero attached hydrogens (tertiary/aromatic N) is 1. The molecule has 0 aromatic carbocycles. The highest BCUT2D eigenvalue weighted by molar-refractivity contribution is 7.66. The molecule has 0 aromatic heterocycles. The van der Waals surface area contributed by atoms with E-state index in [1.165, 1.54) is 0 Å². The van der Waals surface area contributed by atoms with Crippen molar-refractivity contribution in [3.63, 3.8) is 0 Å². The van der Waals surface area contributed by atoms with Gasteiger partial charge in [-0.05, 0) is 28.7 Å². The van der Waals surface area contributed by atoms with Crippen LogP contribution in [0, 0.1) is 0 Å². The van der Waals surface area contributed by atoms with Gasteiger partial charge in [-0.25, -0.2) is 0 Å². The minimum Gasteiger partial charge on any atom is -0.297 e. The van der Waals surface area contributed by atoms with Crippen LogP contribution in [0.1, 0.15) is 0 Å². The van der Waals surface area contributed by atoms with Crippen molar-refractivity contribution in [1.29, 1.82) is 0 Å². The molecule has 0 heterocycles. The molecule has 0 saturated carbocycles. The minimum absolute atomic E-state index is 0.659. The van der Waals surface area contributed by atoms with E-state index in [0.29, 0.717) is 8.73 Å². The molecule has 2 nitrogen and oxygen atoms in total. The molecule has 0 radical (unpaired) electrons. The lowest BCUT2D eigenvalue weighted by Crippen LogP contribution is -1.86. The number of hydrogen-bond donors (Lipinski definition) is 1. The Morgan fingerprint density at radius 3 is 2.00 bits per heavy atom. The summed E-state index contributed by atoms with van der Waals surface area (Å²) in [6, 6.07) is 0. The monoisotopic (exact) mass is 138 g/mol.